The Bertz CT molecular complexity index is 1150. The first-order valence-electron chi connectivity index (χ1n) is 11.1. The van der Waals surface area contributed by atoms with E-state index in [0.29, 0.717) is 29.3 Å². The van der Waals surface area contributed by atoms with Crippen molar-refractivity contribution in [2.75, 3.05) is 24.7 Å². The molecular weight excluding hydrogens is 478 g/mol. The number of hydrogen-bond donors (Lipinski definition) is 2. The van der Waals surface area contributed by atoms with Crippen molar-refractivity contribution in [3.05, 3.63) is 40.3 Å². The summed E-state index contributed by atoms with van der Waals surface area (Å²) in [5.41, 5.74) is 7.08. The minimum absolute atomic E-state index is 0.175. The van der Waals surface area contributed by atoms with E-state index < -0.39 is 15.9 Å². The zero-order valence-corrected chi connectivity index (χ0v) is 21.2. The second-order valence-corrected chi connectivity index (χ2v) is 12.7. The summed E-state index contributed by atoms with van der Waals surface area (Å²) < 4.78 is 27.4. The van der Waals surface area contributed by atoms with Crippen LogP contribution >= 0.6 is 23.1 Å². The summed E-state index contributed by atoms with van der Waals surface area (Å²) in [6.45, 7) is 2.75. The van der Waals surface area contributed by atoms with Crippen molar-refractivity contribution in [1.82, 2.24) is 4.31 Å². The SMILES string of the molecule is CSc1ccc(S(=O)(=O)N2CCC(C(=O)Nc3sc4c(c3C(N)=O)CCC(C)C4)CC2)cc1. The van der Waals surface area contributed by atoms with Gasteiger partial charge in [0.25, 0.3) is 5.91 Å². The Kier molecular flexibility index (Phi) is 7.18. The normalized spacial score (nSPS) is 19.8. The monoisotopic (exact) mass is 507 g/mol. The first-order valence-corrected chi connectivity index (χ1v) is 14.6. The fourth-order valence-electron chi connectivity index (χ4n) is 4.57. The number of benzene rings is 1. The number of primary amides is 1. The van der Waals surface area contributed by atoms with Crippen molar-refractivity contribution in [1.29, 1.82) is 0 Å². The van der Waals surface area contributed by atoms with E-state index in [1.807, 2.05) is 6.26 Å². The van der Waals surface area contributed by atoms with Crippen LogP contribution in [0.15, 0.2) is 34.1 Å². The van der Waals surface area contributed by atoms with Gasteiger partial charge in [0.1, 0.15) is 5.00 Å². The third-order valence-corrected chi connectivity index (χ3v) is 10.3. The largest absolute Gasteiger partial charge is 0.365 e. The number of hydrogen-bond acceptors (Lipinski definition) is 6. The third kappa shape index (κ3) is 4.99. The number of thiophene rings is 1. The topological polar surface area (TPSA) is 110 Å². The smallest absolute Gasteiger partial charge is 0.251 e. The predicted octanol–water partition coefficient (Wildman–Crippen LogP) is 3.73. The molecule has 178 valence electrons. The molecule has 2 heterocycles. The van der Waals surface area contributed by atoms with E-state index in [-0.39, 0.29) is 29.8 Å². The molecule has 1 aliphatic heterocycles. The molecule has 2 amide bonds. The molecule has 1 aliphatic carbocycles. The Morgan fingerprint density at radius 2 is 1.82 bits per heavy atom. The summed E-state index contributed by atoms with van der Waals surface area (Å²) in [4.78, 5) is 27.5. The fraction of sp³-hybridized carbons (Fsp3) is 0.478. The number of carbonyl (C=O) groups is 2. The van der Waals surface area contributed by atoms with Crippen LogP contribution in [0.2, 0.25) is 0 Å². The minimum Gasteiger partial charge on any atom is -0.365 e. The van der Waals surface area contributed by atoms with Gasteiger partial charge in [0.05, 0.1) is 10.5 Å². The number of thioether (sulfide) groups is 1. The van der Waals surface area contributed by atoms with Crippen LogP contribution < -0.4 is 11.1 Å². The lowest BCUT2D eigenvalue weighted by Crippen LogP contribution is -2.41. The Morgan fingerprint density at radius 1 is 1.15 bits per heavy atom. The summed E-state index contributed by atoms with van der Waals surface area (Å²) in [6, 6.07) is 6.86. The molecule has 4 rings (SSSR count). The molecule has 0 radical (unpaired) electrons. The van der Waals surface area contributed by atoms with Crippen molar-refractivity contribution in [2.24, 2.45) is 17.6 Å². The summed E-state index contributed by atoms with van der Waals surface area (Å²) in [5, 5.41) is 3.48. The maximum absolute atomic E-state index is 13.0. The van der Waals surface area contributed by atoms with Gasteiger partial charge in [-0.15, -0.1) is 23.1 Å². The highest BCUT2D eigenvalue weighted by atomic mass is 32.2. The van der Waals surface area contributed by atoms with Gasteiger partial charge in [0, 0.05) is 28.8 Å². The van der Waals surface area contributed by atoms with Gasteiger partial charge in [-0.1, -0.05) is 6.92 Å². The number of rotatable bonds is 6. The average molecular weight is 508 g/mol. The van der Waals surface area contributed by atoms with Gasteiger partial charge < -0.3 is 11.1 Å². The second-order valence-electron chi connectivity index (χ2n) is 8.76. The molecule has 1 aromatic heterocycles. The van der Waals surface area contributed by atoms with Crippen LogP contribution in [-0.4, -0.2) is 43.9 Å². The summed E-state index contributed by atoms with van der Waals surface area (Å²) in [7, 11) is -3.59. The highest BCUT2D eigenvalue weighted by Gasteiger charge is 2.33. The van der Waals surface area contributed by atoms with Gasteiger partial charge in [-0.2, -0.15) is 4.31 Å². The number of anilines is 1. The first-order chi connectivity index (χ1) is 15.7. The molecule has 1 fully saturated rings. The molecule has 7 nitrogen and oxygen atoms in total. The fourth-order valence-corrected chi connectivity index (χ4v) is 7.87. The molecule has 1 atom stereocenters. The van der Waals surface area contributed by atoms with Crippen molar-refractivity contribution < 1.29 is 18.0 Å². The van der Waals surface area contributed by atoms with E-state index in [9.17, 15) is 18.0 Å². The van der Waals surface area contributed by atoms with E-state index in [2.05, 4.69) is 12.2 Å². The number of fused-ring (bicyclic) bond motifs is 1. The van der Waals surface area contributed by atoms with E-state index >= 15 is 0 Å². The number of nitrogens with zero attached hydrogens (tertiary/aromatic N) is 1. The molecule has 2 aliphatic rings. The van der Waals surface area contributed by atoms with E-state index in [1.165, 1.54) is 15.6 Å². The van der Waals surface area contributed by atoms with Crippen LogP contribution in [0.5, 0.6) is 0 Å². The van der Waals surface area contributed by atoms with Gasteiger partial charge in [-0.05, 0) is 74.1 Å². The summed E-state index contributed by atoms with van der Waals surface area (Å²) in [5.74, 6) is -0.450. The molecular formula is C23H29N3O4S3. The quantitative estimate of drug-likeness (QED) is 0.579. The van der Waals surface area contributed by atoms with E-state index in [4.69, 9.17) is 5.73 Å². The van der Waals surface area contributed by atoms with Crippen molar-refractivity contribution in [2.45, 2.75) is 48.8 Å². The number of carbonyl (C=O) groups excluding carboxylic acids is 2. The second kappa shape index (κ2) is 9.77. The number of nitrogens with one attached hydrogen (secondary N) is 1. The molecule has 1 unspecified atom stereocenters. The lowest BCUT2D eigenvalue weighted by atomic mass is 9.88. The zero-order chi connectivity index (χ0) is 23.8. The maximum atomic E-state index is 13.0. The highest BCUT2D eigenvalue weighted by Crippen LogP contribution is 2.40. The lowest BCUT2D eigenvalue weighted by molar-refractivity contribution is -0.120. The number of sulfonamides is 1. The zero-order valence-electron chi connectivity index (χ0n) is 18.8. The number of nitrogens with two attached hydrogens (primary N) is 1. The summed E-state index contributed by atoms with van der Waals surface area (Å²) in [6.07, 6.45) is 5.51. The Labute approximate surface area is 203 Å². The molecule has 10 heteroatoms. The molecule has 0 spiro atoms. The molecule has 3 N–H and O–H groups in total. The van der Waals surface area contributed by atoms with E-state index in [0.717, 1.165) is 34.6 Å². The Hall–Kier alpha value is -1.88. The van der Waals surface area contributed by atoms with Crippen LogP contribution in [0.3, 0.4) is 0 Å². The van der Waals surface area contributed by atoms with Crippen molar-refractivity contribution >= 4 is 49.9 Å². The molecule has 1 saturated heterocycles. The maximum Gasteiger partial charge on any atom is 0.251 e. The van der Waals surface area contributed by atoms with Crippen molar-refractivity contribution in [3.8, 4) is 0 Å². The minimum atomic E-state index is -3.59. The molecule has 0 saturated carbocycles. The molecule has 33 heavy (non-hydrogen) atoms. The standard InChI is InChI=1S/C23H29N3O4S3/c1-14-3-8-18-19(13-14)32-23(20(18)21(24)27)25-22(28)15-9-11-26(12-10-15)33(29,30)17-6-4-16(31-2)5-7-17/h4-7,14-15H,3,8-13H2,1-2H3,(H2,24,27)(H,25,28). The first kappa shape index (κ1) is 24.3. The third-order valence-electron chi connectivity index (χ3n) is 6.52. The Balaban J connectivity index is 1.42. The predicted molar refractivity (Wildman–Crippen MR) is 132 cm³/mol. The van der Waals surface area contributed by atoms with Crippen LogP contribution in [0.4, 0.5) is 5.00 Å². The number of piperidine rings is 1. The highest BCUT2D eigenvalue weighted by molar-refractivity contribution is 7.98. The summed E-state index contributed by atoms with van der Waals surface area (Å²) >= 11 is 3.01. The molecule has 1 aromatic carbocycles. The van der Waals surface area contributed by atoms with Crippen LogP contribution in [0.1, 0.15) is 47.0 Å². The Morgan fingerprint density at radius 3 is 2.42 bits per heavy atom. The average Bonchev–Trinajstić information content (AvgIpc) is 3.16. The van der Waals surface area contributed by atoms with Gasteiger partial charge >= 0.3 is 0 Å². The van der Waals surface area contributed by atoms with E-state index in [1.54, 1.807) is 36.0 Å². The lowest BCUT2D eigenvalue weighted by Gasteiger charge is -2.30. The van der Waals surface area contributed by atoms with Gasteiger partial charge in [0.15, 0.2) is 0 Å². The molecule has 2 aromatic rings. The van der Waals surface area contributed by atoms with Gasteiger partial charge in [-0.25, -0.2) is 8.42 Å². The van der Waals surface area contributed by atoms with Gasteiger partial charge in [0.2, 0.25) is 15.9 Å². The van der Waals surface area contributed by atoms with Crippen LogP contribution in [0.25, 0.3) is 0 Å². The molecule has 0 bridgehead atoms. The van der Waals surface area contributed by atoms with Gasteiger partial charge in [-0.3, -0.25) is 9.59 Å². The van der Waals surface area contributed by atoms with Crippen LogP contribution in [-0.2, 0) is 27.7 Å². The number of amides is 2. The van der Waals surface area contributed by atoms with Crippen molar-refractivity contribution in [3.63, 3.8) is 0 Å². The van der Waals surface area contributed by atoms with Crippen LogP contribution in [0, 0.1) is 11.8 Å².